The van der Waals surface area contributed by atoms with E-state index in [2.05, 4.69) is 0 Å². The molecule has 2 rings (SSSR count). The molecule has 1 atom stereocenters. The van der Waals surface area contributed by atoms with Crippen LogP contribution in [-0.2, 0) is 21.1 Å². The number of aryl methyl sites for hydroxylation is 1. The van der Waals surface area contributed by atoms with Gasteiger partial charge in [0, 0.05) is 24.9 Å². The van der Waals surface area contributed by atoms with Crippen molar-refractivity contribution in [2.75, 3.05) is 19.3 Å². The number of carboxylic acid groups (broad SMARTS) is 1. The zero-order valence-electron chi connectivity index (χ0n) is 15.1. The Labute approximate surface area is 148 Å². The normalized spacial score (nSPS) is 20.9. The van der Waals surface area contributed by atoms with Crippen LogP contribution in [0.1, 0.15) is 43.1 Å². The molecule has 1 aliphatic rings. The first-order valence-electron chi connectivity index (χ1n) is 8.38. The molecule has 0 bridgehead atoms. The standard InChI is InChI=1S/C18H25NO5S/c1-5-13-6-7-14(25(4,23)24)10-15(13)16(20)19-9-8-18(11-19,12(2)3)17(21)22/h6-7,10,12H,5,8-9,11H2,1-4H3,(H,21,22). The molecule has 1 fully saturated rings. The van der Waals surface area contributed by atoms with Gasteiger partial charge in [0.05, 0.1) is 10.3 Å². The third kappa shape index (κ3) is 3.56. The van der Waals surface area contributed by atoms with Gasteiger partial charge in [-0.25, -0.2) is 8.42 Å². The molecule has 1 aromatic rings. The number of aliphatic carboxylic acids is 1. The number of hydrogen-bond acceptors (Lipinski definition) is 4. The number of rotatable bonds is 5. The molecule has 1 saturated heterocycles. The quantitative estimate of drug-likeness (QED) is 0.861. The van der Waals surface area contributed by atoms with Gasteiger partial charge in [0.25, 0.3) is 5.91 Å². The van der Waals surface area contributed by atoms with Crippen LogP contribution in [0.25, 0.3) is 0 Å². The SMILES string of the molecule is CCc1ccc(S(C)(=O)=O)cc1C(=O)N1CCC(C(=O)O)(C(C)C)C1. The highest BCUT2D eigenvalue weighted by Crippen LogP contribution is 2.39. The smallest absolute Gasteiger partial charge is 0.311 e. The second-order valence-electron chi connectivity index (χ2n) is 7.04. The van der Waals surface area contributed by atoms with E-state index in [0.29, 0.717) is 24.9 Å². The van der Waals surface area contributed by atoms with Crippen LogP contribution in [0.5, 0.6) is 0 Å². The largest absolute Gasteiger partial charge is 0.481 e. The first-order valence-corrected chi connectivity index (χ1v) is 10.3. The summed E-state index contributed by atoms with van der Waals surface area (Å²) < 4.78 is 23.6. The van der Waals surface area contributed by atoms with Crippen LogP contribution in [0.3, 0.4) is 0 Å². The van der Waals surface area contributed by atoms with Crippen molar-refractivity contribution in [1.82, 2.24) is 4.90 Å². The van der Waals surface area contributed by atoms with Crippen molar-refractivity contribution in [1.29, 1.82) is 0 Å². The highest BCUT2D eigenvalue weighted by Gasteiger charge is 2.48. The van der Waals surface area contributed by atoms with Gasteiger partial charge in [0.2, 0.25) is 0 Å². The molecule has 0 aromatic heterocycles. The van der Waals surface area contributed by atoms with E-state index in [-0.39, 0.29) is 23.3 Å². The second-order valence-corrected chi connectivity index (χ2v) is 9.05. The van der Waals surface area contributed by atoms with Crippen molar-refractivity contribution in [2.24, 2.45) is 11.3 Å². The Bertz CT molecular complexity index is 800. The fourth-order valence-corrected chi connectivity index (χ4v) is 4.01. The van der Waals surface area contributed by atoms with Crippen LogP contribution < -0.4 is 0 Å². The number of benzene rings is 1. The summed E-state index contributed by atoms with van der Waals surface area (Å²) in [5.41, 5.74) is 0.154. The fraction of sp³-hybridized carbons (Fsp3) is 0.556. The lowest BCUT2D eigenvalue weighted by atomic mass is 9.76. The summed E-state index contributed by atoms with van der Waals surface area (Å²) in [6.45, 7) is 6.10. The van der Waals surface area contributed by atoms with Gasteiger partial charge in [-0.15, -0.1) is 0 Å². The van der Waals surface area contributed by atoms with Crippen molar-refractivity contribution < 1.29 is 23.1 Å². The Morgan fingerprint density at radius 3 is 2.40 bits per heavy atom. The molecular formula is C18H25NO5S. The topological polar surface area (TPSA) is 91.8 Å². The Morgan fingerprint density at radius 2 is 1.96 bits per heavy atom. The number of amides is 1. The third-order valence-electron chi connectivity index (χ3n) is 5.24. The van der Waals surface area contributed by atoms with Gasteiger partial charge in [0.1, 0.15) is 0 Å². The number of nitrogens with zero attached hydrogens (tertiary/aromatic N) is 1. The molecule has 25 heavy (non-hydrogen) atoms. The summed E-state index contributed by atoms with van der Waals surface area (Å²) in [5, 5.41) is 9.64. The summed E-state index contributed by atoms with van der Waals surface area (Å²) in [7, 11) is -3.42. The van der Waals surface area contributed by atoms with E-state index >= 15 is 0 Å². The van der Waals surface area contributed by atoms with Gasteiger partial charge in [-0.1, -0.05) is 26.8 Å². The van der Waals surface area contributed by atoms with Crippen molar-refractivity contribution in [3.05, 3.63) is 29.3 Å². The third-order valence-corrected chi connectivity index (χ3v) is 6.35. The minimum atomic E-state index is -3.42. The molecule has 0 aliphatic carbocycles. The summed E-state index contributed by atoms with van der Waals surface area (Å²) in [6, 6.07) is 4.57. The van der Waals surface area contributed by atoms with Crippen LogP contribution in [0.2, 0.25) is 0 Å². The monoisotopic (exact) mass is 367 g/mol. The minimum Gasteiger partial charge on any atom is -0.481 e. The van der Waals surface area contributed by atoms with Gasteiger partial charge in [-0.3, -0.25) is 9.59 Å². The molecule has 1 aromatic carbocycles. The van der Waals surface area contributed by atoms with E-state index in [0.717, 1.165) is 11.8 Å². The van der Waals surface area contributed by atoms with Crippen LogP contribution in [0.15, 0.2) is 23.1 Å². The number of likely N-dealkylation sites (tertiary alicyclic amines) is 1. The zero-order valence-corrected chi connectivity index (χ0v) is 15.9. The lowest BCUT2D eigenvalue weighted by Gasteiger charge is -2.28. The minimum absolute atomic E-state index is 0.0978. The van der Waals surface area contributed by atoms with E-state index in [1.807, 2.05) is 20.8 Å². The van der Waals surface area contributed by atoms with Crippen LogP contribution in [0, 0.1) is 11.3 Å². The van der Waals surface area contributed by atoms with Crippen LogP contribution in [0.4, 0.5) is 0 Å². The van der Waals surface area contributed by atoms with E-state index in [1.54, 1.807) is 6.07 Å². The van der Waals surface area contributed by atoms with E-state index in [1.165, 1.54) is 17.0 Å². The molecule has 138 valence electrons. The molecule has 0 saturated carbocycles. The second kappa shape index (κ2) is 6.78. The molecule has 1 aliphatic heterocycles. The van der Waals surface area contributed by atoms with Crippen LogP contribution in [-0.4, -0.2) is 49.6 Å². The van der Waals surface area contributed by atoms with E-state index in [9.17, 15) is 23.1 Å². The highest BCUT2D eigenvalue weighted by molar-refractivity contribution is 7.90. The number of hydrogen-bond donors (Lipinski definition) is 1. The molecule has 1 heterocycles. The predicted molar refractivity (Wildman–Crippen MR) is 94.4 cm³/mol. The summed E-state index contributed by atoms with van der Waals surface area (Å²) in [6.07, 6.45) is 2.10. The maximum absolute atomic E-state index is 13.0. The average molecular weight is 367 g/mol. The first kappa shape index (κ1) is 19.4. The Morgan fingerprint density at radius 1 is 1.32 bits per heavy atom. The molecule has 1 N–H and O–H groups in total. The maximum atomic E-state index is 13.0. The van der Waals surface area contributed by atoms with E-state index in [4.69, 9.17) is 0 Å². The van der Waals surface area contributed by atoms with Crippen LogP contribution >= 0.6 is 0 Å². The molecule has 0 radical (unpaired) electrons. The predicted octanol–water partition coefficient (Wildman–Crippen LogP) is 2.23. The Kier molecular flexibility index (Phi) is 5.27. The average Bonchev–Trinajstić information content (AvgIpc) is 2.99. The summed E-state index contributed by atoms with van der Waals surface area (Å²) in [5.74, 6) is -1.29. The van der Waals surface area contributed by atoms with Crippen molar-refractivity contribution in [3.63, 3.8) is 0 Å². The van der Waals surface area contributed by atoms with Gasteiger partial charge in [-0.05, 0) is 36.5 Å². The molecular weight excluding hydrogens is 342 g/mol. The molecule has 6 nitrogen and oxygen atoms in total. The summed E-state index contributed by atoms with van der Waals surface area (Å²) in [4.78, 5) is 26.4. The molecule has 1 amide bonds. The lowest BCUT2D eigenvalue weighted by Crippen LogP contribution is -2.40. The van der Waals surface area contributed by atoms with Crippen molar-refractivity contribution in [2.45, 2.75) is 38.5 Å². The molecule has 0 spiro atoms. The maximum Gasteiger partial charge on any atom is 0.311 e. The Balaban J connectivity index is 2.40. The van der Waals surface area contributed by atoms with Gasteiger partial charge >= 0.3 is 5.97 Å². The number of carbonyl (C=O) groups is 2. The highest BCUT2D eigenvalue weighted by atomic mass is 32.2. The number of carboxylic acids is 1. The van der Waals surface area contributed by atoms with Gasteiger partial charge in [-0.2, -0.15) is 0 Å². The molecule has 7 heteroatoms. The van der Waals surface area contributed by atoms with Crippen molar-refractivity contribution in [3.8, 4) is 0 Å². The molecule has 1 unspecified atom stereocenters. The number of carbonyl (C=O) groups excluding carboxylic acids is 1. The zero-order chi connectivity index (χ0) is 19.0. The van der Waals surface area contributed by atoms with Crippen molar-refractivity contribution >= 4 is 21.7 Å². The lowest BCUT2D eigenvalue weighted by molar-refractivity contribution is -0.150. The van der Waals surface area contributed by atoms with Gasteiger partial charge in [0.15, 0.2) is 9.84 Å². The van der Waals surface area contributed by atoms with Gasteiger partial charge < -0.3 is 10.0 Å². The fourth-order valence-electron chi connectivity index (χ4n) is 3.36. The Hall–Kier alpha value is -1.89. The first-order chi connectivity index (χ1) is 11.5. The van der Waals surface area contributed by atoms with E-state index < -0.39 is 21.2 Å². The number of sulfone groups is 1. The summed E-state index contributed by atoms with van der Waals surface area (Å²) >= 11 is 0.